The zero-order valence-corrected chi connectivity index (χ0v) is 26.8. The fourth-order valence-electron chi connectivity index (χ4n) is 3.91. The van der Waals surface area contributed by atoms with Crippen LogP contribution in [-0.2, 0) is 59.1 Å². The highest BCUT2D eigenvalue weighted by Crippen LogP contribution is 2.09. The zero-order valence-electron chi connectivity index (χ0n) is 26.8. The third-order valence-electron chi connectivity index (χ3n) is 6.60. The number of hydrogen-bond acceptors (Lipinski definition) is 12. The molecule has 0 aliphatic carbocycles. The monoisotopic (exact) mass is 668 g/mol. The van der Waals surface area contributed by atoms with E-state index in [2.05, 4.69) is 35.5 Å². The summed E-state index contributed by atoms with van der Waals surface area (Å²) < 4.78 is 31.9. The van der Waals surface area contributed by atoms with Crippen molar-refractivity contribution in [1.82, 2.24) is 21.3 Å². The summed E-state index contributed by atoms with van der Waals surface area (Å²) in [6.07, 6.45) is -3.09. The Morgan fingerprint density at radius 3 is 1.74 bits per heavy atom. The van der Waals surface area contributed by atoms with Crippen molar-refractivity contribution in [3.63, 3.8) is 0 Å². The van der Waals surface area contributed by atoms with Gasteiger partial charge in [-0.3, -0.25) is 33.6 Å². The Morgan fingerprint density at radius 1 is 0.681 bits per heavy atom. The van der Waals surface area contributed by atoms with Crippen molar-refractivity contribution in [3.8, 4) is 0 Å². The molecule has 0 fully saturated rings. The van der Waals surface area contributed by atoms with Gasteiger partial charge in [-0.15, -0.1) is 0 Å². The van der Waals surface area contributed by atoms with E-state index in [9.17, 15) is 42.7 Å². The van der Waals surface area contributed by atoms with E-state index in [0.717, 1.165) is 21.3 Å². The molecule has 17 heteroatoms. The fraction of sp³-hybridized carbons (Fsp3) is 0.533. The number of Topliss-reactive ketones (excluding diaryl/α,β-unsaturated/α-hetero) is 1. The van der Waals surface area contributed by atoms with Crippen LogP contribution in [0.15, 0.2) is 30.3 Å². The third kappa shape index (κ3) is 14.7. The highest BCUT2D eigenvalue weighted by molar-refractivity contribution is 5.97. The SMILES string of the molecule is COC(=O)CC[C@H](NC(=O)[C@H](CC(=O)OC)NC(=O)OCc1ccccc1)C(=O)N[C@@H](C(=O)N[C@@H](CC(=O)OC)C(=O)CF)C(C)C. The van der Waals surface area contributed by atoms with Crippen molar-refractivity contribution >= 4 is 47.5 Å². The van der Waals surface area contributed by atoms with Gasteiger partial charge in [0.05, 0.1) is 34.2 Å². The van der Waals surface area contributed by atoms with Crippen molar-refractivity contribution in [1.29, 1.82) is 0 Å². The first-order valence-corrected chi connectivity index (χ1v) is 14.4. The molecule has 1 aromatic carbocycles. The van der Waals surface area contributed by atoms with Gasteiger partial charge in [-0.25, -0.2) is 9.18 Å². The molecule has 0 heterocycles. The molecule has 0 saturated heterocycles. The Balaban J connectivity index is 3.17. The van der Waals surface area contributed by atoms with Gasteiger partial charge in [0.1, 0.15) is 37.4 Å². The Morgan fingerprint density at radius 2 is 1.21 bits per heavy atom. The van der Waals surface area contributed by atoms with Crippen LogP contribution in [0.4, 0.5) is 9.18 Å². The lowest BCUT2D eigenvalue weighted by atomic mass is 10.0. The number of nitrogens with one attached hydrogen (secondary N) is 4. The summed E-state index contributed by atoms with van der Waals surface area (Å²) in [5.41, 5.74) is 0.644. The number of benzene rings is 1. The predicted octanol–water partition coefficient (Wildman–Crippen LogP) is 0.00980. The number of hydrogen-bond donors (Lipinski definition) is 4. The van der Waals surface area contributed by atoms with Gasteiger partial charge in [0, 0.05) is 6.42 Å². The van der Waals surface area contributed by atoms with Crippen molar-refractivity contribution in [2.75, 3.05) is 28.0 Å². The van der Waals surface area contributed by atoms with E-state index in [1.807, 2.05) is 0 Å². The van der Waals surface area contributed by atoms with E-state index in [-0.39, 0.29) is 19.4 Å². The largest absolute Gasteiger partial charge is 0.469 e. The summed E-state index contributed by atoms with van der Waals surface area (Å²) in [4.78, 5) is 99.9. The summed E-state index contributed by atoms with van der Waals surface area (Å²) in [6.45, 7) is 1.44. The van der Waals surface area contributed by atoms with Crippen molar-refractivity contribution in [2.24, 2.45) is 5.92 Å². The molecule has 1 rings (SSSR count). The summed E-state index contributed by atoms with van der Waals surface area (Å²) in [5.74, 6) is -7.21. The summed E-state index contributed by atoms with van der Waals surface area (Å²) in [6, 6.07) is 2.54. The van der Waals surface area contributed by atoms with Gasteiger partial charge >= 0.3 is 24.0 Å². The van der Waals surface area contributed by atoms with Crippen LogP contribution in [0.3, 0.4) is 0 Å². The van der Waals surface area contributed by atoms with Gasteiger partial charge in [-0.1, -0.05) is 44.2 Å². The maximum absolute atomic E-state index is 13.4. The van der Waals surface area contributed by atoms with Crippen LogP contribution in [0.25, 0.3) is 0 Å². The molecule has 4 atom stereocenters. The third-order valence-corrected chi connectivity index (χ3v) is 6.60. The Bertz CT molecular complexity index is 1260. The number of ether oxygens (including phenoxy) is 4. The topological polar surface area (TPSA) is 222 Å². The van der Waals surface area contributed by atoms with E-state index in [0.29, 0.717) is 5.56 Å². The Kier molecular flexibility index (Phi) is 17.7. The van der Waals surface area contributed by atoms with Crippen molar-refractivity contribution in [2.45, 2.75) is 70.3 Å². The molecule has 0 saturated carbocycles. The van der Waals surface area contributed by atoms with Crippen LogP contribution >= 0.6 is 0 Å². The lowest BCUT2D eigenvalue weighted by Crippen LogP contribution is -2.59. The molecular formula is C30H41FN4O12. The molecule has 0 bridgehead atoms. The molecule has 0 spiro atoms. The van der Waals surface area contributed by atoms with Gasteiger partial charge in [0.2, 0.25) is 17.7 Å². The van der Waals surface area contributed by atoms with E-state index < -0.39 is 97.1 Å². The number of carbonyl (C=O) groups excluding carboxylic acids is 8. The van der Waals surface area contributed by atoms with E-state index in [1.165, 1.54) is 13.8 Å². The molecule has 4 amide bonds. The van der Waals surface area contributed by atoms with Gasteiger partial charge in [-0.2, -0.15) is 0 Å². The van der Waals surface area contributed by atoms with Crippen molar-refractivity contribution in [3.05, 3.63) is 35.9 Å². The highest BCUT2D eigenvalue weighted by atomic mass is 19.1. The Hall–Kier alpha value is -5.09. The van der Waals surface area contributed by atoms with E-state index in [4.69, 9.17) is 4.74 Å². The lowest BCUT2D eigenvalue weighted by molar-refractivity contribution is -0.144. The number of rotatable bonds is 19. The summed E-state index contributed by atoms with van der Waals surface area (Å²) >= 11 is 0. The molecule has 47 heavy (non-hydrogen) atoms. The fourth-order valence-corrected chi connectivity index (χ4v) is 3.91. The summed E-state index contributed by atoms with van der Waals surface area (Å²) in [5, 5.41) is 9.26. The molecule has 4 N–H and O–H groups in total. The van der Waals surface area contributed by atoms with Gasteiger partial charge in [-0.05, 0) is 17.9 Å². The zero-order chi connectivity index (χ0) is 35.5. The van der Waals surface area contributed by atoms with Crippen LogP contribution < -0.4 is 21.3 Å². The predicted molar refractivity (Wildman–Crippen MR) is 160 cm³/mol. The smallest absolute Gasteiger partial charge is 0.408 e. The number of alkyl carbamates (subject to hydrolysis) is 1. The average Bonchev–Trinajstić information content (AvgIpc) is 3.06. The van der Waals surface area contributed by atoms with Crippen LogP contribution in [-0.4, -0.2) is 99.7 Å². The molecular weight excluding hydrogens is 627 g/mol. The quantitative estimate of drug-likeness (QED) is 0.113. The highest BCUT2D eigenvalue weighted by Gasteiger charge is 2.34. The number of carbonyl (C=O) groups is 8. The number of amides is 4. The lowest BCUT2D eigenvalue weighted by Gasteiger charge is -2.27. The molecule has 0 aliphatic heterocycles. The molecule has 0 aliphatic rings. The molecule has 1 aromatic rings. The number of ketones is 1. The number of alkyl halides is 1. The van der Waals surface area contributed by atoms with Gasteiger partial charge in [0.15, 0.2) is 5.78 Å². The number of esters is 3. The minimum Gasteiger partial charge on any atom is -0.469 e. The molecule has 16 nitrogen and oxygen atoms in total. The minimum atomic E-state index is -1.59. The molecule has 0 aromatic heterocycles. The average molecular weight is 669 g/mol. The number of halogens is 1. The second kappa shape index (κ2) is 20.8. The normalized spacial score (nSPS) is 13.1. The van der Waals surface area contributed by atoms with Crippen LogP contribution in [0.1, 0.15) is 45.1 Å². The molecule has 260 valence electrons. The van der Waals surface area contributed by atoms with Crippen LogP contribution in [0.5, 0.6) is 0 Å². The summed E-state index contributed by atoms with van der Waals surface area (Å²) in [7, 11) is 3.21. The molecule has 0 unspecified atom stereocenters. The first kappa shape index (κ1) is 39.9. The standard InChI is InChI=1S/C30H41FN4O12/c1-17(2)26(29(42)33-20(22(36)15-31)13-24(38)45-4)35-27(40)19(11-12-23(37)44-3)32-28(41)21(14-25(39)46-5)34-30(43)47-16-18-9-7-6-8-10-18/h6-10,17,19-21,26H,11-16H2,1-5H3,(H,32,41)(H,33,42)(H,34,43)(H,35,40)/t19-,20-,21-,26+/m0/s1. The van der Waals surface area contributed by atoms with E-state index in [1.54, 1.807) is 30.3 Å². The first-order chi connectivity index (χ1) is 22.3. The first-order valence-electron chi connectivity index (χ1n) is 14.4. The molecule has 0 radical (unpaired) electrons. The van der Waals surface area contributed by atoms with Crippen molar-refractivity contribution < 1.29 is 61.7 Å². The minimum absolute atomic E-state index is 0.153. The maximum atomic E-state index is 13.4. The van der Waals surface area contributed by atoms with Crippen LogP contribution in [0, 0.1) is 5.92 Å². The number of methoxy groups -OCH3 is 3. The maximum Gasteiger partial charge on any atom is 0.408 e. The second-order valence-corrected chi connectivity index (χ2v) is 10.4. The van der Waals surface area contributed by atoms with E-state index >= 15 is 0 Å². The van der Waals surface area contributed by atoms with Gasteiger partial charge < -0.3 is 40.2 Å². The van der Waals surface area contributed by atoms with Gasteiger partial charge in [0.25, 0.3) is 0 Å². The second-order valence-electron chi connectivity index (χ2n) is 10.4. The van der Waals surface area contributed by atoms with Crippen LogP contribution in [0.2, 0.25) is 0 Å². The Labute approximate surface area is 270 Å².